The van der Waals surface area contributed by atoms with Gasteiger partial charge >= 0.3 is 0 Å². The van der Waals surface area contributed by atoms with Gasteiger partial charge in [0.25, 0.3) is 11.8 Å². The third-order valence-electron chi connectivity index (χ3n) is 5.25. The second-order valence-electron chi connectivity index (χ2n) is 8.29. The number of nitrogens with zero attached hydrogens (tertiary/aromatic N) is 3. The first-order chi connectivity index (χ1) is 14.7. The van der Waals surface area contributed by atoms with Crippen LogP contribution in [0.2, 0.25) is 0 Å². The monoisotopic (exact) mass is 440 g/mol. The molecule has 1 atom stereocenters. The van der Waals surface area contributed by atoms with Crippen LogP contribution in [-0.4, -0.2) is 31.8 Å². The second kappa shape index (κ2) is 9.43. The van der Waals surface area contributed by atoms with Crippen molar-refractivity contribution in [2.75, 3.05) is 0 Å². The molecule has 0 aliphatic carbocycles. The van der Waals surface area contributed by atoms with E-state index in [2.05, 4.69) is 14.9 Å². The molecule has 0 bridgehead atoms. The van der Waals surface area contributed by atoms with Gasteiger partial charge in [-0.05, 0) is 63.3 Å². The molecule has 8 heteroatoms. The fourth-order valence-electron chi connectivity index (χ4n) is 3.09. The van der Waals surface area contributed by atoms with Gasteiger partial charge in [0.2, 0.25) is 0 Å². The number of benzene rings is 1. The van der Waals surface area contributed by atoms with E-state index in [1.807, 2.05) is 58.9 Å². The van der Waals surface area contributed by atoms with Gasteiger partial charge in [-0.1, -0.05) is 41.2 Å². The van der Waals surface area contributed by atoms with Crippen molar-refractivity contribution in [3.05, 3.63) is 70.1 Å². The maximum Gasteiger partial charge on any atom is 0.276 e. The number of amides is 2. The third kappa shape index (κ3) is 5.58. The van der Waals surface area contributed by atoms with E-state index in [1.165, 1.54) is 4.90 Å². The zero-order valence-electron chi connectivity index (χ0n) is 18.5. The summed E-state index contributed by atoms with van der Waals surface area (Å²) in [7, 11) is 0. The van der Waals surface area contributed by atoms with Crippen molar-refractivity contribution in [1.82, 2.24) is 19.8 Å². The van der Waals surface area contributed by atoms with E-state index < -0.39 is 11.6 Å². The number of aryl methyl sites for hydroxylation is 2. The topological polar surface area (TPSA) is 88.3 Å². The summed E-state index contributed by atoms with van der Waals surface area (Å²) >= 11 is 1.09. The molecule has 1 N–H and O–H groups in total. The first kappa shape index (κ1) is 22.7. The summed E-state index contributed by atoms with van der Waals surface area (Å²) in [5, 5.41) is 8.59. The molecule has 2 aromatic heterocycles. The maximum atomic E-state index is 13.5. The van der Waals surface area contributed by atoms with E-state index in [1.54, 1.807) is 17.5 Å². The van der Waals surface area contributed by atoms with E-state index in [9.17, 15) is 9.59 Å². The van der Waals surface area contributed by atoms with Crippen LogP contribution in [0.1, 0.15) is 66.4 Å². The van der Waals surface area contributed by atoms with Crippen LogP contribution in [0.4, 0.5) is 0 Å². The summed E-state index contributed by atoms with van der Waals surface area (Å²) in [4.78, 5) is 28.4. The Morgan fingerprint density at radius 3 is 2.42 bits per heavy atom. The van der Waals surface area contributed by atoms with E-state index >= 15 is 0 Å². The van der Waals surface area contributed by atoms with Crippen LogP contribution < -0.4 is 5.32 Å². The van der Waals surface area contributed by atoms with Gasteiger partial charge in [-0.3, -0.25) is 9.59 Å². The molecular formula is C23H28N4O3S. The highest BCUT2D eigenvalue weighted by Crippen LogP contribution is 2.28. The minimum absolute atomic E-state index is 0.202. The van der Waals surface area contributed by atoms with Crippen molar-refractivity contribution in [3.63, 3.8) is 0 Å². The average molecular weight is 441 g/mol. The fourth-order valence-corrected chi connectivity index (χ4v) is 3.52. The van der Waals surface area contributed by atoms with Crippen molar-refractivity contribution in [3.8, 4) is 0 Å². The van der Waals surface area contributed by atoms with Crippen LogP contribution in [0.3, 0.4) is 0 Å². The Kier molecular flexibility index (Phi) is 6.90. The van der Waals surface area contributed by atoms with Crippen LogP contribution in [0.15, 0.2) is 46.2 Å². The molecule has 0 radical (unpaired) electrons. The Labute approximate surface area is 186 Å². The van der Waals surface area contributed by atoms with Gasteiger partial charge in [-0.25, -0.2) is 0 Å². The number of furan rings is 1. The summed E-state index contributed by atoms with van der Waals surface area (Å²) in [6.07, 6.45) is 0.741. The molecule has 0 aliphatic heterocycles. The summed E-state index contributed by atoms with van der Waals surface area (Å²) in [5.74, 6) is 0.397. The third-order valence-corrected chi connectivity index (χ3v) is 5.75. The molecule has 3 rings (SSSR count). The molecule has 0 saturated carbocycles. The minimum Gasteiger partial charge on any atom is -0.464 e. The molecule has 0 aliphatic rings. The number of aromatic nitrogens is 2. The number of carbonyl (C=O) groups is 2. The quantitative estimate of drug-likeness (QED) is 0.560. The van der Waals surface area contributed by atoms with Crippen LogP contribution in [0.25, 0.3) is 0 Å². The maximum absolute atomic E-state index is 13.5. The number of carbonyl (C=O) groups excluding carboxylic acids is 2. The molecule has 2 amide bonds. The van der Waals surface area contributed by atoms with Gasteiger partial charge in [0.1, 0.15) is 11.5 Å². The summed E-state index contributed by atoms with van der Waals surface area (Å²) in [6.45, 7) is 9.94. The van der Waals surface area contributed by atoms with Gasteiger partial charge < -0.3 is 14.6 Å². The van der Waals surface area contributed by atoms with Gasteiger partial charge in [0, 0.05) is 17.5 Å². The molecule has 31 heavy (non-hydrogen) atoms. The van der Waals surface area contributed by atoms with Crippen molar-refractivity contribution in [1.29, 1.82) is 0 Å². The molecule has 1 unspecified atom stereocenters. The molecular weight excluding hydrogens is 412 g/mol. The van der Waals surface area contributed by atoms with Gasteiger partial charge in [-0.15, -0.1) is 5.10 Å². The normalized spacial score (nSPS) is 12.4. The van der Waals surface area contributed by atoms with E-state index in [4.69, 9.17) is 4.42 Å². The first-order valence-electron chi connectivity index (χ1n) is 10.2. The summed E-state index contributed by atoms with van der Waals surface area (Å²) in [5.41, 5.74) is 1.79. The lowest BCUT2D eigenvalue weighted by molar-refractivity contribution is -0.128. The van der Waals surface area contributed by atoms with Crippen molar-refractivity contribution in [2.45, 2.75) is 59.2 Å². The molecule has 0 saturated heterocycles. The molecule has 0 fully saturated rings. The fraction of sp³-hybridized carbons (Fsp3) is 0.391. The molecule has 164 valence electrons. The first-order valence-corrected chi connectivity index (χ1v) is 11.1. The van der Waals surface area contributed by atoms with Crippen molar-refractivity contribution >= 4 is 23.3 Å². The van der Waals surface area contributed by atoms with E-state index in [0.29, 0.717) is 11.5 Å². The van der Waals surface area contributed by atoms with E-state index in [0.717, 1.165) is 29.1 Å². The lowest BCUT2D eigenvalue weighted by Gasteiger charge is -2.33. The lowest BCUT2D eigenvalue weighted by Crippen LogP contribution is -2.50. The largest absolute Gasteiger partial charge is 0.464 e. The molecule has 7 nitrogen and oxygen atoms in total. The SMILES string of the molecule is CCC(C)(C)NC(=O)C(c1ccc(C)o1)N(Cc1ccc(C)cc1)C(=O)c1csnn1. The Morgan fingerprint density at radius 1 is 1.16 bits per heavy atom. The Hall–Kier alpha value is -3.00. The van der Waals surface area contributed by atoms with Gasteiger partial charge in [0.05, 0.1) is 0 Å². The second-order valence-corrected chi connectivity index (χ2v) is 8.90. The standard InChI is InChI=1S/C23H28N4O3S/c1-6-23(4,5)24-21(28)20(19-12-9-16(3)30-19)27(22(29)18-14-31-26-25-18)13-17-10-7-15(2)8-11-17/h7-12,14,20H,6,13H2,1-5H3,(H,24,28). The average Bonchev–Trinajstić information content (AvgIpc) is 3.40. The Morgan fingerprint density at radius 2 is 1.87 bits per heavy atom. The predicted octanol–water partition coefficient (Wildman–Crippen LogP) is 4.44. The van der Waals surface area contributed by atoms with Gasteiger partial charge in [-0.2, -0.15) is 0 Å². The van der Waals surface area contributed by atoms with E-state index in [-0.39, 0.29) is 24.1 Å². The van der Waals surface area contributed by atoms with Crippen LogP contribution in [0.5, 0.6) is 0 Å². The highest BCUT2D eigenvalue weighted by molar-refractivity contribution is 7.03. The Bertz CT molecular complexity index is 1030. The molecule has 1 aromatic carbocycles. The van der Waals surface area contributed by atoms with Gasteiger partial charge in [0.15, 0.2) is 11.7 Å². The zero-order chi connectivity index (χ0) is 22.6. The van der Waals surface area contributed by atoms with Crippen molar-refractivity contribution in [2.24, 2.45) is 0 Å². The molecule has 3 aromatic rings. The zero-order valence-corrected chi connectivity index (χ0v) is 19.3. The lowest BCUT2D eigenvalue weighted by atomic mass is 10.0. The number of nitrogens with one attached hydrogen (secondary N) is 1. The molecule has 2 heterocycles. The highest BCUT2D eigenvalue weighted by Gasteiger charge is 2.37. The van der Waals surface area contributed by atoms with Crippen molar-refractivity contribution < 1.29 is 14.0 Å². The number of hydrogen-bond donors (Lipinski definition) is 1. The predicted molar refractivity (Wildman–Crippen MR) is 120 cm³/mol. The van der Waals surface area contributed by atoms with Crippen LogP contribution in [-0.2, 0) is 11.3 Å². The Balaban J connectivity index is 2.05. The minimum atomic E-state index is -0.949. The molecule has 0 spiro atoms. The smallest absolute Gasteiger partial charge is 0.276 e. The summed E-state index contributed by atoms with van der Waals surface area (Å²) in [6, 6.07) is 10.5. The number of hydrogen-bond acceptors (Lipinski definition) is 6. The van der Waals surface area contributed by atoms with Crippen LogP contribution >= 0.6 is 11.5 Å². The summed E-state index contributed by atoms with van der Waals surface area (Å²) < 4.78 is 9.65. The highest BCUT2D eigenvalue weighted by atomic mass is 32.1. The number of rotatable bonds is 8. The van der Waals surface area contributed by atoms with Crippen LogP contribution in [0, 0.1) is 13.8 Å².